The molecule has 2 heterocycles. The van der Waals surface area contributed by atoms with Crippen molar-refractivity contribution in [1.29, 1.82) is 0 Å². The molecule has 1 saturated carbocycles. The molecule has 0 aromatic heterocycles. The van der Waals surface area contributed by atoms with Gasteiger partial charge in [0.25, 0.3) is 0 Å². The second-order valence-electron chi connectivity index (χ2n) is 7.73. The first-order chi connectivity index (χ1) is 10.7. The summed E-state index contributed by atoms with van der Waals surface area (Å²) in [5.41, 5.74) is 9.43. The van der Waals surface area contributed by atoms with Crippen molar-refractivity contribution in [2.45, 2.75) is 44.8 Å². The van der Waals surface area contributed by atoms with Crippen LogP contribution in [0.3, 0.4) is 0 Å². The summed E-state index contributed by atoms with van der Waals surface area (Å²) in [5, 5.41) is 0. The van der Waals surface area contributed by atoms with Gasteiger partial charge < -0.3 is 5.73 Å². The molecular weight excluding hydrogens is 270 g/mol. The van der Waals surface area contributed by atoms with Gasteiger partial charge in [0.05, 0.1) is 0 Å². The van der Waals surface area contributed by atoms with Crippen LogP contribution in [0.25, 0.3) is 0 Å². The summed E-state index contributed by atoms with van der Waals surface area (Å²) >= 11 is 0. The lowest BCUT2D eigenvalue weighted by molar-refractivity contribution is 0.0809. The van der Waals surface area contributed by atoms with Gasteiger partial charge in [0.2, 0.25) is 0 Å². The molecule has 1 aromatic rings. The fourth-order valence-corrected chi connectivity index (χ4v) is 4.86. The number of piperidine rings is 1. The van der Waals surface area contributed by atoms with E-state index in [4.69, 9.17) is 5.73 Å². The Bertz CT molecular complexity index is 515. The Hall–Kier alpha value is -0.900. The van der Waals surface area contributed by atoms with Crippen molar-refractivity contribution in [2.24, 2.45) is 17.6 Å². The number of likely N-dealkylation sites (tertiary alicyclic amines) is 1. The lowest BCUT2D eigenvalue weighted by Crippen LogP contribution is -2.54. The summed E-state index contributed by atoms with van der Waals surface area (Å²) in [7, 11) is 0. The van der Waals surface area contributed by atoms with Gasteiger partial charge >= 0.3 is 0 Å². The van der Waals surface area contributed by atoms with Crippen molar-refractivity contribution in [2.75, 3.05) is 26.2 Å². The fourth-order valence-electron chi connectivity index (χ4n) is 4.86. The van der Waals surface area contributed by atoms with Gasteiger partial charge in [0, 0.05) is 44.8 Å². The Labute approximate surface area is 134 Å². The van der Waals surface area contributed by atoms with Crippen LogP contribution in [0.2, 0.25) is 0 Å². The van der Waals surface area contributed by atoms with Gasteiger partial charge in [-0.05, 0) is 49.1 Å². The third kappa shape index (κ3) is 2.70. The quantitative estimate of drug-likeness (QED) is 0.928. The molecule has 1 aliphatic carbocycles. The molecule has 120 valence electrons. The van der Waals surface area contributed by atoms with E-state index in [0.29, 0.717) is 12.1 Å². The van der Waals surface area contributed by atoms with Gasteiger partial charge in [0.15, 0.2) is 0 Å². The third-order valence-electron chi connectivity index (χ3n) is 6.29. The summed E-state index contributed by atoms with van der Waals surface area (Å²) in [6, 6.07) is 10.1. The molecule has 0 radical (unpaired) electrons. The Morgan fingerprint density at radius 2 is 1.82 bits per heavy atom. The number of fused-ring (bicyclic) bond motifs is 3. The van der Waals surface area contributed by atoms with Crippen LogP contribution >= 0.6 is 0 Å². The first-order valence-corrected chi connectivity index (χ1v) is 8.99. The maximum atomic E-state index is 6.35. The van der Waals surface area contributed by atoms with Crippen LogP contribution in [0, 0.1) is 11.8 Å². The van der Waals surface area contributed by atoms with E-state index in [1.54, 1.807) is 5.56 Å². The molecule has 2 aliphatic heterocycles. The highest BCUT2D eigenvalue weighted by Gasteiger charge is 2.41. The smallest absolute Gasteiger partial charge is 0.0237 e. The Morgan fingerprint density at radius 3 is 2.55 bits per heavy atom. The standard InChI is InChI=1S/C19H29N3/c1-14(22-12-17-6-7-18(13-22)19(17)20)10-21-9-8-15-4-2-3-5-16(15)11-21/h2-5,14,17-19H,6-13,20H2,1H3/t14-,17-,18+,19?/m1/s1. The average molecular weight is 299 g/mol. The zero-order chi connectivity index (χ0) is 15.1. The minimum absolute atomic E-state index is 0.477. The second-order valence-corrected chi connectivity index (χ2v) is 7.73. The summed E-state index contributed by atoms with van der Waals surface area (Å²) in [6.45, 7) is 8.40. The van der Waals surface area contributed by atoms with Crippen molar-refractivity contribution < 1.29 is 0 Å². The molecule has 0 amide bonds. The molecule has 2 N–H and O–H groups in total. The number of benzene rings is 1. The van der Waals surface area contributed by atoms with Crippen LogP contribution in [-0.4, -0.2) is 48.1 Å². The molecule has 3 heteroatoms. The van der Waals surface area contributed by atoms with Crippen LogP contribution in [0.15, 0.2) is 24.3 Å². The number of hydrogen-bond acceptors (Lipinski definition) is 3. The number of nitrogens with zero attached hydrogens (tertiary/aromatic N) is 2. The SMILES string of the molecule is C[C@H](CN1CCc2ccccc2C1)N1C[C@H]2CC[C@@H](C1)C2N. The predicted octanol–water partition coefficient (Wildman–Crippen LogP) is 2.10. The molecule has 2 bridgehead atoms. The van der Waals surface area contributed by atoms with Crippen LogP contribution in [-0.2, 0) is 13.0 Å². The van der Waals surface area contributed by atoms with E-state index in [-0.39, 0.29) is 0 Å². The van der Waals surface area contributed by atoms with Gasteiger partial charge in [-0.2, -0.15) is 0 Å². The Balaban J connectivity index is 1.36. The molecule has 22 heavy (non-hydrogen) atoms. The zero-order valence-corrected chi connectivity index (χ0v) is 13.7. The maximum absolute atomic E-state index is 6.35. The minimum atomic E-state index is 0.477. The Morgan fingerprint density at radius 1 is 1.14 bits per heavy atom. The number of rotatable bonds is 3. The first-order valence-electron chi connectivity index (χ1n) is 8.99. The van der Waals surface area contributed by atoms with Crippen LogP contribution in [0.4, 0.5) is 0 Å². The maximum Gasteiger partial charge on any atom is 0.0237 e. The van der Waals surface area contributed by atoms with E-state index < -0.39 is 0 Å². The van der Waals surface area contributed by atoms with Gasteiger partial charge in [-0.25, -0.2) is 0 Å². The van der Waals surface area contributed by atoms with Crippen molar-refractivity contribution in [3.8, 4) is 0 Å². The lowest BCUT2D eigenvalue weighted by Gasteiger charge is -2.41. The predicted molar refractivity (Wildman–Crippen MR) is 90.6 cm³/mol. The van der Waals surface area contributed by atoms with Crippen molar-refractivity contribution in [1.82, 2.24) is 9.80 Å². The topological polar surface area (TPSA) is 32.5 Å². The molecule has 1 saturated heterocycles. The van der Waals surface area contributed by atoms with Gasteiger partial charge in [-0.1, -0.05) is 24.3 Å². The molecule has 3 aliphatic rings. The third-order valence-corrected chi connectivity index (χ3v) is 6.29. The largest absolute Gasteiger partial charge is 0.327 e. The molecule has 1 aromatic carbocycles. The van der Waals surface area contributed by atoms with Crippen molar-refractivity contribution in [3.05, 3.63) is 35.4 Å². The average Bonchev–Trinajstić information content (AvgIpc) is 2.76. The van der Waals surface area contributed by atoms with E-state index >= 15 is 0 Å². The summed E-state index contributed by atoms with van der Waals surface area (Å²) < 4.78 is 0. The van der Waals surface area contributed by atoms with Gasteiger partial charge in [-0.3, -0.25) is 9.80 Å². The highest BCUT2D eigenvalue weighted by molar-refractivity contribution is 5.29. The van der Waals surface area contributed by atoms with E-state index in [9.17, 15) is 0 Å². The first kappa shape index (κ1) is 14.7. The zero-order valence-electron chi connectivity index (χ0n) is 13.7. The van der Waals surface area contributed by atoms with Crippen LogP contribution in [0.5, 0.6) is 0 Å². The normalized spacial score (nSPS) is 33.6. The lowest BCUT2D eigenvalue weighted by atomic mass is 9.92. The van der Waals surface area contributed by atoms with E-state index in [2.05, 4.69) is 41.0 Å². The molecule has 0 spiro atoms. The van der Waals surface area contributed by atoms with Gasteiger partial charge in [0.1, 0.15) is 0 Å². The molecule has 3 nitrogen and oxygen atoms in total. The number of hydrogen-bond donors (Lipinski definition) is 1. The fraction of sp³-hybridized carbons (Fsp3) is 0.684. The summed E-state index contributed by atoms with van der Waals surface area (Å²) in [6.07, 6.45) is 3.91. The highest BCUT2D eigenvalue weighted by Crippen LogP contribution is 2.36. The number of nitrogens with two attached hydrogens (primary N) is 1. The van der Waals surface area contributed by atoms with Crippen LogP contribution < -0.4 is 5.73 Å². The highest BCUT2D eigenvalue weighted by atomic mass is 15.2. The molecule has 1 unspecified atom stereocenters. The van der Waals surface area contributed by atoms with Gasteiger partial charge in [-0.15, -0.1) is 0 Å². The molecular formula is C19H29N3. The minimum Gasteiger partial charge on any atom is -0.327 e. The summed E-state index contributed by atoms with van der Waals surface area (Å²) in [5.74, 6) is 1.51. The van der Waals surface area contributed by atoms with Crippen molar-refractivity contribution >= 4 is 0 Å². The molecule has 2 fully saturated rings. The monoisotopic (exact) mass is 299 g/mol. The molecule has 4 rings (SSSR count). The van der Waals surface area contributed by atoms with E-state index in [0.717, 1.165) is 18.4 Å². The van der Waals surface area contributed by atoms with Crippen molar-refractivity contribution in [3.63, 3.8) is 0 Å². The molecule has 4 atom stereocenters. The van der Waals surface area contributed by atoms with E-state index in [1.807, 2.05) is 0 Å². The van der Waals surface area contributed by atoms with E-state index in [1.165, 1.54) is 51.0 Å². The van der Waals surface area contributed by atoms with Crippen LogP contribution in [0.1, 0.15) is 30.9 Å². The summed E-state index contributed by atoms with van der Waals surface area (Å²) in [4.78, 5) is 5.36. The second kappa shape index (κ2) is 5.95. The Kier molecular flexibility index (Phi) is 3.97.